The number of ketones is 1. The molecule has 0 radical (unpaired) electrons. The Balaban J connectivity index is 1.74. The molecule has 1 aliphatic carbocycles. The Hall–Kier alpha value is -2.62. The van der Waals surface area contributed by atoms with Gasteiger partial charge in [-0.2, -0.15) is 0 Å². The maximum atomic E-state index is 13.3. The summed E-state index contributed by atoms with van der Waals surface area (Å²) in [6.07, 6.45) is 2.42. The lowest BCUT2D eigenvalue weighted by atomic mass is 9.90. The van der Waals surface area contributed by atoms with Crippen molar-refractivity contribution in [3.05, 3.63) is 63.7 Å². The van der Waals surface area contributed by atoms with Crippen LogP contribution in [0.4, 0.5) is 0 Å². The van der Waals surface area contributed by atoms with E-state index in [1.807, 2.05) is 30.3 Å². The minimum Gasteiger partial charge on any atom is -0.506 e. The summed E-state index contributed by atoms with van der Waals surface area (Å²) in [7, 11) is 0. The number of hydrogen-bond donors (Lipinski definition) is 1. The number of Topliss-reactive ketones (excluding diaryl/α,β-unsaturated/α-hetero) is 1. The molecule has 0 saturated heterocycles. The summed E-state index contributed by atoms with van der Waals surface area (Å²) in [6.45, 7) is 7.29. The van der Waals surface area contributed by atoms with Crippen LogP contribution in [0.3, 0.4) is 0 Å². The molecule has 1 aliphatic heterocycles. The lowest BCUT2D eigenvalue weighted by Gasteiger charge is -2.20. The highest BCUT2D eigenvalue weighted by Gasteiger charge is 2.37. The number of rotatable bonds is 4. The quantitative estimate of drug-likeness (QED) is 0.830. The lowest BCUT2D eigenvalue weighted by Crippen LogP contribution is -2.26. The number of amides is 1. The predicted octanol–water partition coefficient (Wildman–Crippen LogP) is 4.83. The fraction of sp³-hybridized carbons (Fsp3) is 0.417. The molecule has 0 bridgehead atoms. The van der Waals surface area contributed by atoms with Crippen molar-refractivity contribution in [3.8, 4) is 5.75 Å². The minimum absolute atomic E-state index is 0.00407. The van der Waals surface area contributed by atoms with Crippen molar-refractivity contribution in [2.24, 2.45) is 5.92 Å². The van der Waals surface area contributed by atoms with Crippen LogP contribution in [-0.2, 0) is 19.5 Å². The zero-order chi connectivity index (χ0) is 20.0. The van der Waals surface area contributed by atoms with E-state index in [0.717, 1.165) is 35.1 Å². The average molecular weight is 377 g/mol. The molecular weight excluding hydrogens is 350 g/mol. The van der Waals surface area contributed by atoms with E-state index in [2.05, 4.69) is 20.8 Å². The summed E-state index contributed by atoms with van der Waals surface area (Å²) >= 11 is 0. The van der Waals surface area contributed by atoms with E-state index >= 15 is 0 Å². The van der Waals surface area contributed by atoms with Gasteiger partial charge < -0.3 is 10.0 Å². The molecule has 2 aromatic rings. The number of carbonyl (C=O) groups is 2. The van der Waals surface area contributed by atoms with Gasteiger partial charge in [-0.05, 0) is 47.1 Å². The topological polar surface area (TPSA) is 57.6 Å². The van der Waals surface area contributed by atoms with E-state index in [-0.39, 0.29) is 34.8 Å². The van der Waals surface area contributed by atoms with Crippen molar-refractivity contribution in [2.75, 3.05) is 0 Å². The average Bonchev–Trinajstić information content (AvgIpc) is 3.24. The first-order valence-electron chi connectivity index (χ1n) is 10.2. The fourth-order valence-corrected chi connectivity index (χ4v) is 4.67. The Labute approximate surface area is 166 Å². The number of phenols is 1. The van der Waals surface area contributed by atoms with E-state index in [4.69, 9.17) is 0 Å². The predicted molar refractivity (Wildman–Crippen MR) is 109 cm³/mol. The third kappa shape index (κ3) is 2.92. The number of fused-ring (bicyclic) bond motifs is 2. The van der Waals surface area contributed by atoms with Gasteiger partial charge in [0.2, 0.25) is 0 Å². The normalized spacial score (nSPS) is 17.9. The van der Waals surface area contributed by atoms with Crippen molar-refractivity contribution in [1.29, 1.82) is 0 Å². The second-order valence-corrected chi connectivity index (χ2v) is 8.35. The van der Waals surface area contributed by atoms with Gasteiger partial charge in [0.1, 0.15) is 5.75 Å². The third-order valence-electron chi connectivity index (χ3n) is 6.13. The maximum Gasteiger partial charge on any atom is 0.258 e. The van der Waals surface area contributed by atoms with Crippen LogP contribution in [0.1, 0.15) is 82.5 Å². The van der Waals surface area contributed by atoms with Gasteiger partial charge in [-0.15, -0.1) is 0 Å². The second kappa shape index (κ2) is 7.08. The first kappa shape index (κ1) is 18.7. The highest BCUT2D eigenvalue weighted by Crippen LogP contribution is 2.42. The SMILES string of the molecule is CCCC1Cc2c(C(C)C)cc(C(=O)N3Cc4ccccc4C3)c(O)c2C1=O. The first-order chi connectivity index (χ1) is 13.4. The molecule has 4 nitrogen and oxygen atoms in total. The molecule has 0 aromatic heterocycles. The van der Waals surface area contributed by atoms with Gasteiger partial charge in [0.15, 0.2) is 5.78 Å². The lowest BCUT2D eigenvalue weighted by molar-refractivity contribution is 0.0748. The molecule has 1 unspecified atom stereocenters. The van der Waals surface area contributed by atoms with Gasteiger partial charge in [0, 0.05) is 19.0 Å². The highest BCUT2D eigenvalue weighted by atomic mass is 16.3. The molecule has 1 amide bonds. The van der Waals surface area contributed by atoms with Crippen molar-refractivity contribution in [1.82, 2.24) is 4.90 Å². The zero-order valence-corrected chi connectivity index (χ0v) is 16.8. The molecule has 1 heterocycles. The van der Waals surface area contributed by atoms with Crippen LogP contribution in [0.2, 0.25) is 0 Å². The summed E-state index contributed by atoms with van der Waals surface area (Å²) in [5.74, 6) is -0.223. The van der Waals surface area contributed by atoms with Crippen LogP contribution in [-0.4, -0.2) is 21.7 Å². The van der Waals surface area contributed by atoms with Gasteiger partial charge in [-0.25, -0.2) is 0 Å². The summed E-state index contributed by atoms with van der Waals surface area (Å²) < 4.78 is 0. The monoisotopic (exact) mass is 377 g/mol. The highest BCUT2D eigenvalue weighted by molar-refractivity contribution is 6.09. The maximum absolute atomic E-state index is 13.3. The Bertz CT molecular complexity index is 936. The second-order valence-electron chi connectivity index (χ2n) is 8.35. The van der Waals surface area contributed by atoms with Crippen molar-refractivity contribution in [3.63, 3.8) is 0 Å². The Morgan fingerprint density at radius 1 is 1.21 bits per heavy atom. The van der Waals surface area contributed by atoms with E-state index in [1.165, 1.54) is 0 Å². The zero-order valence-electron chi connectivity index (χ0n) is 16.8. The van der Waals surface area contributed by atoms with Crippen molar-refractivity contribution < 1.29 is 14.7 Å². The molecule has 1 atom stereocenters. The molecule has 2 aromatic carbocycles. The Morgan fingerprint density at radius 3 is 2.43 bits per heavy atom. The number of phenolic OH excluding ortho intramolecular Hbond substituents is 1. The van der Waals surface area contributed by atoms with E-state index in [0.29, 0.717) is 25.1 Å². The van der Waals surface area contributed by atoms with Gasteiger partial charge >= 0.3 is 0 Å². The molecule has 0 spiro atoms. The Morgan fingerprint density at radius 2 is 1.86 bits per heavy atom. The van der Waals surface area contributed by atoms with Gasteiger partial charge in [0.05, 0.1) is 11.1 Å². The van der Waals surface area contributed by atoms with Gasteiger partial charge in [0.25, 0.3) is 5.91 Å². The van der Waals surface area contributed by atoms with Crippen LogP contribution < -0.4 is 0 Å². The number of hydrogen-bond acceptors (Lipinski definition) is 3. The molecule has 2 aliphatic rings. The minimum atomic E-state index is -0.204. The van der Waals surface area contributed by atoms with Gasteiger partial charge in [-0.1, -0.05) is 51.5 Å². The van der Waals surface area contributed by atoms with E-state index in [9.17, 15) is 14.7 Å². The van der Waals surface area contributed by atoms with Crippen LogP contribution >= 0.6 is 0 Å². The van der Waals surface area contributed by atoms with Crippen LogP contribution in [0, 0.1) is 5.92 Å². The van der Waals surface area contributed by atoms with Gasteiger partial charge in [-0.3, -0.25) is 9.59 Å². The molecule has 4 heteroatoms. The molecular formula is C24H27NO3. The number of aromatic hydroxyl groups is 1. The molecule has 0 fully saturated rings. The van der Waals surface area contributed by atoms with E-state index in [1.54, 1.807) is 4.90 Å². The van der Waals surface area contributed by atoms with Crippen LogP contribution in [0.25, 0.3) is 0 Å². The molecule has 146 valence electrons. The smallest absolute Gasteiger partial charge is 0.258 e. The summed E-state index contributed by atoms with van der Waals surface area (Å²) in [5, 5.41) is 11.0. The molecule has 0 saturated carbocycles. The molecule has 4 rings (SSSR count). The number of carbonyl (C=O) groups excluding carboxylic acids is 2. The van der Waals surface area contributed by atoms with E-state index < -0.39 is 0 Å². The summed E-state index contributed by atoms with van der Waals surface area (Å²) in [4.78, 5) is 28.0. The fourth-order valence-electron chi connectivity index (χ4n) is 4.67. The van der Waals surface area contributed by atoms with Crippen molar-refractivity contribution >= 4 is 11.7 Å². The molecule has 28 heavy (non-hydrogen) atoms. The first-order valence-corrected chi connectivity index (χ1v) is 10.2. The Kier molecular flexibility index (Phi) is 4.74. The summed E-state index contributed by atoms with van der Waals surface area (Å²) in [6, 6.07) is 9.84. The summed E-state index contributed by atoms with van der Waals surface area (Å²) in [5.41, 5.74) is 4.89. The molecule has 1 N–H and O–H groups in total. The van der Waals surface area contributed by atoms with Crippen molar-refractivity contribution in [2.45, 2.75) is 59.0 Å². The van der Waals surface area contributed by atoms with Crippen LogP contribution in [0.15, 0.2) is 30.3 Å². The number of nitrogens with zero attached hydrogens (tertiary/aromatic N) is 1. The third-order valence-corrected chi connectivity index (χ3v) is 6.13. The largest absolute Gasteiger partial charge is 0.506 e. The standard InChI is InChI=1S/C24H27NO3/c1-4-7-15-10-19-18(14(2)3)11-20(23(27)21(19)22(15)26)24(28)25-12-16-8-5-6-9-17(16)13-25/h5-6,8-9,11,14-15,27H,4,7,10,12-13H2,1-3H3. The number of benzene rings is 2. The van der Waals surface area contributed by atoms with Crippen LogP contribution in [0.5, 0.6) is 5.75 Å².